The monoisotopic (exact) mass is 721 g/mol. The second kappa shape index (κ2) is 17.7. The summed E-state index contributed by atoms with van der Waals surface area (Å²) in [5.41, 5.74) is 6.08. The van der Waals surface area contributed by atoms with Gasteiger partial charge in [0.1, 0.15) is 28.7 Å². The van der Waals surface area contributed by atoms with Crippen molar-refractivity contribution < 1.29 is 13.9 Å². The van der Waals surface area contributed by atoms with Crippen LogP contribution in [0.25, 0.3) is 0 Å². The van der Waals surface area contributed by atoms with E-state index in [4.69, 9.17) is 19.5 Å². The zero-order valence-corrected chi connectivity index (χ0v) is 31.3. The molecule has 53 heavy (non-hydrogen) atoms. The van der Waals surface area contributed by atoms with Crippen LogP contribution in [0.15, 0.2) is 168 Å². The minimum atomic E-state index is -0.863. The predicted molar refractivity (Wildman–Crippen MR) is 219 cm³/mol. The largest absolute Gasteiger partial charge is 0.497 e. The molecule has 0 radical (unpaired) electrons. The summed E-state index contributed by atoms with van der Waals surface area (Å²) < 4.78 is 27.0. The Morgan fingerprint density at radius 2 is 1.17 bits per heavy atom. The van der Waals surface area contributed by atoms with Crippen LogP contribution in [-0.4, -0.2) is 37.8 Å². The molecule has 7 heteroatoms. The molecule has 0 saturated heterocycles. The second-order valence-corrected chi connectivity index (χ2v) is 13.4. The first-order valence-corrected chi connectivity index (χ1v) is 19.1. The van der Waals surface area contributed by atoms with Gasteiger partial charge in [-0.2, -0.15) is 11.8 Å². The third-order valence-corrected chi connectivity index (χ3v) is 9.80. The van der Waals surface area contributed by atoms with Crippen molar-refractivity contribution in [3.05, 3.63) is 197 Å². The normalized spacial score (nSPS) is 12.1. The van der Waals surface area contributed by atoms with E-state index in [9.17, 15) is 0 Å². The maximum atomic E-state index is 15.9. The molecule has 1 unspecified atom stereocenters. The van der Waals surface area contributed by atoms with Gasteiger partial charge in [0.25, 0.3) is 0 Å². The quantitative estimate of drug-likeness (QED) is 0.0691. The van der Waals surface area contributed by atoms with Gasteiger partial charge in [0.2, 0.25) is 0 Å². The van der Waals surface area contributed by atoms with Crippen molar-refractivity contribution in [2.75, 3.05) is 26.2 Å². The molecule has 268 valence electrons. The third kappa shape index (κ3) is 8.53. The van der Waals surface area contributed by atoms with Crippen molar-refractivity contribution in [2.45, 2.75) is 24.9 Å². The smallest absolute Gasteiger partial charge is 0.128 e. The Labute approximate surface area is 316 Å². The Hall–Kier alpha value is -5.66. The van der Waals surface area contributed by atoms with Gasteiger partial charge >= 0.3 is 0 Å². The fourth-order valence-corrected chi connectivity index (χ4v) is 7.01. The number of amidine groups is 1. The number of ether oxygens (including phenoxy) is 2. The zero-order chi connectivity index (χ0) is 37.0. The number of halogens is 1. The Balaban J connectivity index is 1.48. The summed E-state index contributed by atoms with van der Waals surface area (Å²) in [4.78, 5) is 10.4. The fourth-order valence-electron chi connectivity index (χ4n) is 6.59. The molecular formula is C46H44FN3O2S. The number of thioether (sulfide) groups is 1. The van der Waals surface area contributed by atoms with Gasteiger partial charge in [0.05, 0.1) is 37.4 Å². The van der Waals surface area contributed by atoms with Crippen molar-refractivity contribution in [1.82, 2.24) is 5.32 Å². The molecular weight excluding hydrogens is 678 g/mol. The number of benzene rings is 6. The Morgan fingerprint density at radius 1 is 0.679 bits per heavy atom. The second-order valence-electron chi connectivity index (χ2n) is 12.5. The number of nitrogens with one attached hydrogen (secondary N) is 1. The molecule has 0 bridgehead atoms. The van der Waals surface area contributed by atoms with Crippen LogP contribution in [0, 0.1) is 5.82 Å². The predicted octanol–water partition coefficient (Wildman–Crippen LogP) is 10.8. The molecule has 0 aliphatic heterocycles. The first-order chi connectivity index (χ1) is 26.0. The summed E-state index contributed by atoms with van der Waals surface area (Å²) >= 11 is 1.66. The summed E-state index contributed by atoms with van der Waals surface area (Å²) in [5.74, 6) is 2.51. The van der Waals surface area contributed by atoms with E-state index < -0.39 is 11.6 Å². The van der Waals surface area contributed by atoms with Gasteiger partial charge in [-0.15, -0.1) is 0 Å². The van der Waals surface area contributed by atoms with Crippen LogP contribution >= 0.6 is 11.8 Å². The number of rotatable bonds is 14. The van der Waals surface area contributed by atoms with Crippen LogP contribution in [0.4, 0.5) is 10.1 Å². The molecule has 6 aromatic carbocycles. The van der Waals surface area contributed by atoms with E-state index in [1.165, 1.54) is 6.07 Å². The number of nitrogens with zero attached hydrogens (tertiary/aromatic N) is 2. The Kier molecular flexibility index (Phi) is 12.4. The van der Waals surface area contributed by atoms with Crippen molar-refractivity contribution in [3.63, 3.8) is 0 Å². The highest BCUT2D eigenvalue weighted by molar-refractivity contribution is 7.99. The summed E-state index contributed by atoms with van der Waals surface area (Å²) in [6.07, 6.45) is 2.63. The van der Waals surface area contributed by atoms with Gasteiger partial charge in [-0.25, -0.2) is 9.38 Å². The molecule has 1 atom stereocenters. The van der Waals surface area contributed by atoms with Gasteiger partial charge in [-0.05, 0) is 71.8 Å². The Morgan fingerprint density at radius 3 is 1.64 bits per heavy atom. The first kappa shape index (κ1) is 37.1. The fraction of sp³-hybridized carbons (Fsp3) is 0.174. The zero-order valence-electron chi connectivity index (χ0n) is 30.5. The van der Waals surface area contributed by atoms with Crippen LogP contribution in [0.2, 0.25) is 0 Å². The van der Waals surface area contributed by atoms with E-state index in [1.807, 2.05) is 122 Å². The molecule has 0 fully saturated rings. The van der Waals surface area contributed by atoms with Crippen LogP contribution in [0.3, 0.4) is 0 Å². The molecule has 6 aromatic rings. The Bertz CT molecular complexity index is 2030. The lowest BCUT2D eigenvalue weighted by Gasteiger charge is -2.38. The number of hydrogen-bond donors (Lipinski definition) is 1. The molecule has 1 N–H and O–H groups in total. The van der Waals surface area contributed by atoms with E-state index in [1.54, 1.807) is 32.0 Å². The van der Waals surface area contributed by atoms with Gasteiger partial charge in [-0.3, -0.25) is 4.99 Å². The standard InChI is InChI=1S/C46H44FN3O2S/c1-5-43(41-31-38(25-30-42(41)47)48-45(33-15-9-6-10-16-33)34-17-11-7-12-18-34)49-44(32-53-4)50-46(35-19-13-8-14-20-35,36-21-26-39(51-2)27-22-36)37-23-28-40(52-3)29-24-37/h6-31,43H,5,32H2,1-4H3,(H,49,50). The number of methoxy groups -OCH3 is 2. The van der Waals surface area contributed by atoms with Crippen LogP contribution in [0.1, 0.15) is 52.8 Å². The number of aliphatic imine (C=N–C) groups is 2. The third-order valence-electron chi connectivity index (χ3n) is 9.24. The van der Waals surface area contributed by atoms with E-state index in [2.05, 4.69) is 41.7 Å². The molecule has 0 aliphatic carbocycles. The maximum Gasteiger partial charge on any atom is 0.128 e. The molecule has 0 amide bonds. The lowest BCUT2D eigenvalue weighted by atomic mass is 9.77. The van der Waals surface area contributed by atoms with Gasteiger partial charge in [0, 0.05) is 16.7 Å². The molecule has 0 saturated carbocycles. The minimum Gasteiger partial charge on any atom is -0.497 e. The van der Waals surface area contributed by atoms with Gasteiger partial charge in [0.15, 0.2) is 0 Å². The highest BCUT2D eigenvalue weighted by atomic mass is 32.2. The van der Waals surface area contributed by atoms with E-state index in [-0.39, 0.29) is 5.82 Å². The average molecular weight is 722 g/mol. The van der Waals surface area contributed by atoms with E-state index in [0.29, 0.717) is 23.4 Å². The van der Waals surface area contributed by atoms with E-state index in [0.717, 1.165) is 50.9 Å². The molecule has 0 spiro atoms. The summed E-state index contributed by atoms with van der Waals surface area (Å²) in [7, 11) is 3.33. The number of hydrogen-bond acceptors (Lipinski definition) is 5. The van der Waals surface area contributed by atoms with Crippen molar-refractivity contribution in [3.8, 4) is 11.5 Å². The SMILES string of the molecule is CCC(N=C(CSC)NC(c1ccccc1)(c1ccc(OC)cc1)c1ccc(OC)cc1)c1cc(N=C(c2ccccc2)c2ccccc2)ccc1F. The molecule has 0 aliphatic rings. The van der Waals surface area contributed by atoms with Crippen LogP contribution < -0.4 is 14.8 Å². The van der Waals surface area contributed by atoms with Gasteiger partial charge < -0.3 is 14.8 Å². The van der Waals surface area contributed by atoms with Crippen molar-refractivity contribution in [2.24, 2.45) is 9.98 Å². The first-order valence-electron chi connectivity index (χ1n) is 17.7. The lowest BCUT2D eigenvalue weighted by molar-refractivity contribution is 0.413. The topological polar surface area (TPSA) is 55.2 Å². The molecule has 5 nitrogen and oxygen atoms in total. The average Bonchev–Trinajstić information content (AvgIpc) is 3.22. The minimum absolute atomic E-state index is 0.316. The highest BCUT2D eigenvalue weighted by Gasteiger charge is 2.38. The summed E-state index contributed by atoms with van der Waals surface area (Å²) in [6, 6.07) is 51.3. The van der Waals surface area contributed by atoms with Crippen molar-refractivity contribution in [1.29, 1.82) is 0 Å². The molecule has 6 rings (SSSR count). The van der Waals surface area contributed by atoms with Crippen molar-refractivity contribution >= 4 is 29.0 Å². The molecule has 0 heterocycles. The summed E-state index contributed by atoms with van der Waals surface area (Å²) in [5, 5.41) is 3.93. The van der Waals surface area contributed by atoms with Crippen LogP contribution in [0.5, 0.6) is 11.5 Å². The lowest BCUT2D eigenvalue weighted by Crippen LogP contribution is -2.48. The maximum absolute atomic E-state index is 15.9. The highest BCUT2D eigenvalue weighted by Crippen LogP contribution is 2.39. The molecule has 0 aromatic heterocycles. The van der Waals surface area contributed by atoms with Crippen LogP contribution in [-0.2, 0) is 5.54 Å². The summed E-state index contributed by atoms with van der Waals surface area (Å²) in [6.45, 7) is 2.04. The van der Waals surface area contributed by atoms with Gasteiger partial charge in [-0.1, -0.05) is 122 Å². The van der Waals surface area contributed by atoms with E-state index >= 15 is 4.39 Å².